The molecular formula is C9H10BrClN2O2. The minimum absolute atomic E-state index is 0.159. The van der Waals surface area contributed by atoms with Crippen molar-refractivity contribution in [2.24, 2.45) is 5.73 Å². The van der Waals surface area contributed by atoms with Gasteiger partial charge in [0.2, 0.25) is 5.91 Å². The highest BCUT2D eigenvalue weighted by Gasteiger charge is 2.01. The van der Waals surface area contributed by atoms with Gasteiger partial charge in [0.05, 0.1) is 0 Å². The van der Waals surface area contributed by atoms with Gasteiger partial charge in [-0.25, -0.2) is 0 Å². The third-order valence-corrected chi connectivity index (χ3v) is 2.44. The van der Waals surface area contributed by atoms with Gasteiger partial charge < -0.3 is 5.73 Å². The van der Waals surface area contributed by atoms with Crippen molar-refractivity contribution >= 4 is 33.4 Å². The summed E-state index contributed by atoms with van der Waals surface area (Å²) in [6.45, 7) is 0.257. The summed E-state index contributed by atoms with van der Waals surface area (Å²) in [7, 11) is 0. The van der Waals surface area contributed by atoms with Crippen molar-refractivity contribution in [3.8, 4) is 0 Å². The first kappa shape index (κ1) is 12.4. The van der Waals surface area contributed by atoms with Gasteiger partial charge >= 0.3 is 0 Å². The van der Waals surface area contributed by atoms with Gasteiger partial charge in [0.25, 0.3) is 0 Å². The molecule has 0 saturated heterocycles. The monoisotopic (exact) mass is 292 g/mol. The molecule has 0 aliphatic rings. The molecule has 4 nitrogen and oxygen atoms in total. The van der Waals surface area contributed by atoms with E-state index in [1.807, 2.05) is 12.1 Å². The first-order valence-electron chi connectivity index (χ1n) is 4.16. The highest BCUT2D eigenvalue weighted by Crippen LogP contribution is 2.20. The SMILES string of the molecule is NC(=O)CONCc1ccc(Br)cc1Cl. The van der Waals surface area contributed by atoms with Crippen LogP contribution in [0, 0.1) is 0 Å². The molecule has 1 aromatic rings. The molecular weight excluding hydrogens is 283 g/mol. The number of hydroxylamine groups is 1. The second-order valence-electron chi connectivity index (χ2n) is 2.81. The van der Waals surface area contributed by atoms with E-state index in [-0.39, 0.29) is 6.61 Å². The van der Waals surface area contributed by atoms with Gasteiger partial charge in [-0.1, -0.05) is 33.6 Å². The predicted molar refractivity (Wildman–Crippen MR) is 61.1 cm³/mol. The largest absolute Gasteiger partial charge is 0.368 e. The van der Waals surface area contributed by atoms with Crippen molar-refractivity contribution in [2.75, 3.05) is 6.61 Å². The molecule has 0 heterocycles. The highest BCUT2D eigenvalue weighted by atomic mass is 79.9. The summed E-state index contributed by atoms with van der Waals surface area (Å²) < 4.78 is 0.911. The molecule has 0 radical (unpaired) electrons. The Morgan fingerprint density at radius 1 is 1.60 bits per heavy atom. The molecule has 1 amide bonds. The lowest BCUT2D eigenvalue weighted by molar-refractivity contribution is -0.125. The zero-order valence-electron chi connectivity index (χ0n) is 7.80. The lowest BCUT2D eigenvalue weighted by atomic mass is 10.2. The molecule has 0 unspecified atom stereocenters. The van der Waals surface area contributed by atoms with Crippen molar-refractivity contribution in [1.29, 1.82) is 0 Å². The van der Waals surface area contributed by atoms with Gasteiger partial charge in [-0.15, -0.1) is 0 Å². The standard InChI is InChI=1S/C9H10BrClN2O2/c10-7-2-1-6(8(11)3-7)4-13-15-5-9(12)14/h1-3,13H,4-5H2,(H2,12,14). The van der Waals surface area contributed by atoms with E-state index in [0.717, 1.165) is 10.0 Å². The number of carbonyl (C=O) groups is 1. The van der Waals surface area contributed by atoms with Crippen LogP contribution in [0.25, 0.3) is 0 Å². The third-order valence-electron chi connectivity index (χ3n) is 1.59. The van der Waals surface area contributed by atoms with Crippen LogP contribution in [0.5, 0.6) is 0 Å². The van der Waals surface area contributed by atoms with E-state index in [1.54, 1.807) is 6.07 Å². The molecule has 0 spiro atoms. The fourth-order valence-corrected chi connectivity index (χ4v) is 1.66. The Labute approximate surface area is 101 Å². The van der Waals surface area contributed by atoms with E-state index in [1.165, 1.54) is 0 Å². The summed E-state index contributed by atoms with van der Waals surface area (Å²) >= 11 is 9.25. The van der Waals surface area contributed by atoms with Crippen LogP contribution in [0.3, 0.4) is 0 Å². The van der Waals surface area contributed by atoms with Crippen molar-refractivity contribution in [2.45, 2.75) is 6.54 Å². The molecule has 1 aromatic carbocycles. The molecule has 0 bridgehead atoms. The minimum atomic E-state index is -0.524. The van der Waals surface area contributed by atoms with Crippen molar-refractivity contribution in [3.63, 3.8) is 0 Å². The summed E-state index contributed by atoms with van der Waals surface area (Å²) in [4.78, 5) is 15.1. The zero-order valence-corrected chi connectivity index (χ0v) is 10.1. The van der Waals surface area contributed by atoms with Crippen LogP contribution >= 0.6 is 27.5 Å². The Kier molecular flexibility index (Phi) is 5.04. The van der Waals surface area contributed by atoms with Gasteiger partial charge in [-0.05, 0) is 17.7 Å². The number of amides is 1. The van der Waals surface area contributed by atoms with Gasteiger partial charge in [-0.3, -0.25) is 9.63 Å². The Balaban J connectivity index is 2.40. The van der Waals surface area contributed by atoms with E-state index in [0.29, 0.717) is 11.6 Å². The topological polar surface area (TPSA) is 64.4 Å². The Morgan fingerprint density at radius 2 is 2.33 bits per heavy atom. The second kappa shape index (κ2) is 6.07. The molecule has 6 heteroatoms. The van der Waals surface area contributed by atoms with E-state index in [2.05, 4.69) is 21.4 Å². The first-order valence-corrected chi connectivity index (χ1v) is 5.33. The third kappa shape index (κ3) is 4.61. The van der Waals surface area contributed by atoms with Crippen LogP contribution in [-0.2, 0) is 16.2 Å². The first-order chi connectivity index (χ1) is 7.09. The minimum Gasteiger partial charge on any atom is -0.368 e. The summed E-state index contributed by atoms with van der Waals surface area (Å²) in [6.07, 6.45) is 0. The molecule has 82 valence electrons. The summed E-state index contributed by atoms with van der Waals surface area (Å²) in [5.74, 6) is -0.524. The van der Waals surface area contributed by atoms with Crippen molar-refractivity contribution in [1.82, 2.24) is 5.48 Å². The maximum atomic E-state index is 10.3. The maximum absolute atomic E-state index is 10.3. The van der Waals surface area contributed by atoms with Crippen LogP contribution in [0.2, 0.25) is 5.02 Å². The number of halogens is 2. The highest BCUT2D eigenvalue weighted by molar-refractivity contribution is 9.10. The van der Waals surface area contributed by atoms with Crippen molar-refractivity contribution in [3.05, 3.63) is 33.3 Å². The lowest BCUT2D eigenvalue weighted by Crippen LogP contribution is -2.24. The second-order valence-corrected chi connectivity index (χ2v) is 4.13. The number of rotatable bonds is 5. The van der Waals surface area contributed by atoms with Crippen LogP contribution in [0.1, 0.15) is 5.56 Å². The Bertz CT molecular complexity index is 360. The Morgan fingerprint density at radius 3 is 2.93 bits per heavy atom. The molecule has 0 aliphatic heterocycles. The molecule has 0 fully saturated rings. The summed E-state index contributed by atoms with van der Waals surface area (Å²) in [5, 5.41) is 0.625. The van der Waals surface area contributed by atoms with Crippen LogP contribution in [-0.4, -0.2) is 12.5 Å². The van der Waals surface area contributed by atoms with Crippen LogP contribution in [0.4, 0.5) is 0 Å². The quantitative estimate of drug-likeness (QED) is 0.640. The molecule has 3 N–H and O–H groups in total. The zero-order chi connectivity index (χ0) is 11.3. The number of carbonyl (C=O) groups excluding carboxylic acids is 1. The predicted octanol–water partition coefficient (Wildman–Crippen LogP) is 1.61. The van der Waals surface area contributed by atoms with Crippen molar-refractivity contribution < 1.29 is 9.63 Å². The summed E-state index contributed by atoms with van der Waals surface area (Å²) in [5.41, 5.74) is 8.36. The molecule has 0 aliphatic carbocycles. The normalized spacial score (nSPS) is 10.3. The number of hydrogen-bond donors (Lipinski definition) is 2. The van der Waals surface area contributed by atoms with E-state index >= 15 is 0 Å². The molecule has 0 atom stereocenters. The number of primary amides is 1. The Hall–Kier alpha value is -0.620. The van der Waals surface area contributed by atoms with Crippen LogP contribution in [0.15, 0.2) is 22.7 Å². The molecule has 15 heavy (non-hydrogen) atoms. The van der Waals surface area contributed by atoms with Gasteiger partial charge in [0.1, 0.15) is 6.61 Å². The molecule has 0 saturated carbocycles. The van der Waals surface area contributed by atoms with Gasteiger partial charge in [0, 0.05) is 16.0 Å². The van der Waals surface area contributed by atoms with E-state index in [4.69, 9.17) is 22.2 Å². The average Bonchev–Trinajstić information content (AvgIpc) is 2.14. The van der Waals surface area contributed by atoms with Crippen LogP contribution < -0.4 is 11.2 Å². The molecule has 1 rings (SSSR count). The smallest absolute Gasteiger partial charge is 0.245 e. The number of hydrogen-bond acceptors (Lipinski definition) is 3. The van der Waals surface area contributed by atoms with E-state index < -0.39 is 5.91 Å². The van der Waals surface area contributed by atoms with E-state index in [9.17, 15) is 4.79 Å². The average molecular weight is 294 g/mol. The summed E-state index contributed by atoms with van der Waals surface area (Å²) in [6, 6.07) is 5.51. The number of benzene rings is 1. The fourth-order valence-electron chi connectivity index (χ4n) is 0.916. The molecule has 0 aromatic heterocycles. The number of nitrogens with one attached hydrogen (secondary N) is 1. The van der Waals surface area contributed by atoms with Gasteiger partial charge in [0.15, 0.2) is 0 Å². The maximum Gasteiger partial charge on any atom is 0.245 e. The van der Waals surface area contributed by atoms with Gasteiger partial charge in [-0.2, -0.15) is 5.48 Å². The lowest BCUT2D eigenvalue weighted by Gasteiger charge is -2.06. The number of nitrogens with two attached hydrogens (primary N) is 1. The fraction of sp³-hybridized carbons (Fsp3) is 0.222.